The molecule has 0 aromatic heterocycles. The van der Waals surface area contributed by atoms with E-state index in [-0.39, 0.29) is 5.54 Å². The Morgan fingerprint density at radius 1 is 0.778 bits per heavy atom. The molecule has 0 unspecified atom stereocenters. The summed E-state index contributed by atoms with van der Waals surface area (Å²) in [4.78, 5) is 0. The van der Waals surface area contributed by atoms with E-state index < -0.39 is 0 Å². The molecule has 0 fully saturated rings. The maximum Gasteiger partial charge on any atom is 0.0352 e. The lowest BCUT2D eigenvalue weighted by Gasteiger charge is -2.19. The van der Waals surface area contributed by atoms with Crippen LogP contribution in [0.3, 0.4) is 0 Å². The molecular weight excluding hydrogens is 218 g/mol. The fourth-order valence-corrected chi connectivity index (χ4v) is 2.41. The first kappa shape index (κ1) is 11.2. The fraction of sp³-hybridized carbons (Fsp3) is 0.176. The van der Waals surface area contributed by atoms with Crippen molar-refractivity contribution in [1.29, 1.82) is 0 Å². The van der Waals surface area contributed by atoms with Crippen LogP contribution in [0.15, 0.2) is 54.6 Å². The third-order valence-electron chi connectivity index (χ3n) is 3.49. The van der Waals surface area contributed by atoms with E-state index in [2.05, 4.69) is 54.6 Å². The van der Waals surface area contributed by atoms with Gasteiger partial charge in [-0.15, -0.1) is 0 Å². The van der Waals surface area contributed by atoms with Gasteiger partial charge in [-0.05, 0) is 47.0 Å². The first-order chi connectivity index (χ1) is 8.55. The number of hydrogen-bond donors (Lipinski definition) is 1. The zero-order valence-electron chi connectivity index (χ0n) is 10.8. The minimum atomic E-state index is -0.292. The van der Waals surface area contributed by atoms with Gasteiger partial charge in [-0.3, -0.25) is 0 Å². The smallest absolute Gasteiger partial charge is 0.0352 e. The second-order valence-corrected chi connectivity index (χ2v) is 5.44. The van der Waals surface area contributed by atoms with Crippen LogP contribution in [0.25, 0.3) is 21.5 Å². The number of benzene rings is 3. The van der Waals surface area contributed by atoms with Gasteiger partial charge in [0.15, 0.2) is 0 Å². The highest BCUT2D eigenvalue weighted by atomic mass is 14.7. The van der Waals surface area contributed by atoms with Crippen LogP contribution in [0, 0.1) is 0 Å². The quantitative estimate of drug-likeness (QED) is 0.629. The van der Waals surface area contributed by atoms with Crippen molar-refractivity contribution in [3.63, 3.8) is 0 Å². The lowest BCUT2D eigenvalue weighted by molar-refractivity contribution is 0.555. The zero-order valence-corrected chi connectivity index (χ0v) is 10.8. The molecule has 0 heterocycles. The van der Waals surface area contributed by atoms with Gasteiger partial charge in [0.25, 0.3) is 0 Å². The largest absolute Gasteiger partial charge is 0.322 e. The van der Waals surface area contributed by atoms with Crippen LogP contribution in [-0.4, -0.2) is 0 Å². The summed E-state index contributed by atoms with van der Waals surface area (Å²) in [6.07, 6.45) is 0. The molecule has 3 rings (SSSR count). The van der Waals surface area contributed by atoms with Crippen molar-refractivity contribution >= 4 is 21.5 Å². The maximum absolute atomic E-state index is 6.16. The average molecular weight is 235 g/mol. The van der Waals surface area contributed by atoms with Crippen LogP contribution >= 0.6 is 0 Å². The van der Waals surface area contributed by atoms with Crippen LogP contribution in [0.2, 0.25) is 0 Å². The van der Waals surface area contributed by atoms with Gasteiger partial charge in [0.1, 0.15) is 0 Å². The van der Waals surface area contributed by atoms with E-state index in [1.807, 2.05) is 13.8 Å². The predicted molar refractivity (Wildman–Crippen MR) is 78.7 cm³/mol. The molecule has 0 radical (unpaired) electrons. The first-order valence-electron chi connectivity index (χ1n) is 6.26. The number of hydrogen-bond acceptors (Lipinski definition) is 1. The standard InChI is InChI=1S/C17H17N/c1-17(2,18)14-9-10-16-13(11-14)8-7-12-5-3-4-6-15(12)16/h3-11H,18H2,1-2H3. The van der Waals surface area contributed by atoms with Crippen LogP contribution in [0.1, 0.15) is 19.4 Å². The molecule has 0 saturated heterocycles. The summed E-state index contributed by atoms with van der Waals surface area (Å²) < 4.78 is 0. The van der Waals surface area contributed by atoms with E-state index in [0.717, 1.165) is 0 Å². The maximum atomic E-state index is 6.16. The highest BCUT2D eigenvalue weighted by Crippen LogP contribution is 2.28. The highest BCUT2D eigenvalue weighted by Gasteiger charge is 2.14. The molecule has 0 bridgehead atoms. The van der Waals surface area contributed by atoms with Gasteiger partial charge in [0, 0.05) is 5.54 Å². The van der Waals surface area contributed by atoms with Crippen molar-refractivity contribution in [1.82, 2.24) is 0 Å². The Morgan fingerprint density at radius 3 is 2.22 bits per heavy atom. The van der Waals surface area contributed by atoms with E-state index in [1.165, 1.54) is 27.1 Å². The van der Waals surface area contributed by atoms with Gasteiger partial charge >= 0.3 is 0 Å². The summed E-state index contributed by atoms with van der Waals surface area (Å²) in [6, 6.07) is 19.3. The third-order valence-corrected chi connectivity index (χ3v) is 3.49. The van der Waals surface area contributed by atoms with Crippen LogP contribution in [0.4, 0.5) is 0 Å². The summed E-state index contributed by atoms with van der Waals surface area (Å²) in [7, 11) is 0. The Bertz CT molecular complexity index is 720. The minimum Gasteiger partial charge on any atom is -0.322 e. The fourth-order valence-electron chi connectivity index (χ4n) is 2.41. The van der Waals surface area contributed by atoms with E-state index in [1.54, 1.807) is 0 Å². The Kier molecular flexibility index (Phi) is 2.39. The lowest BCUT2D eigenvalue weighted by Crippen LogP contribution is -2.28. The molecule has 0 aliphatic rings. The monoisotopic (exact) mass is 235 g/mol. The third kappa shape index (κ3) is 1.77. The second kappa shape index (κ2) is 3.82. The molecule has 0 aliphatic heterocycles. The van der Waals surface area contributed by atoms with Crippen LogP contribution in [0.5, 0.6) is 0 Å². The molecule has 90 valence electrons. The normalized spacial score (nSPS) is 12.2. The molecule has 0 aliphatic carbocycles. The molecule has 1 nitrogen and oxygen atoms in total. The Morgan fingerprint density at radius 2 is 1.44 bits per heavy atom. The molecule has 0 spiro atoms. The van der Waals surface area contributed by atoms with E-state index >= 15 is 0 Å². The minimum absolute atomic E-state index is 0.292. The first-order valence-corrected chi connectivity index (χ1v) is 6.26. The Hall–Kier alpha value is -1.86. The average Bonchev–Trinajstić information content (AvgIpc) is 2.37. The van der Waals surface area contributed by atoms with Gasteiger partial charge in [-0.25, -0.2) is 0 Å². The molecule has 0 amide bonds. The molecular formula is C17H17N. The van der Waals surface area contributed by atoms with Crippen molar-refractivity contribution in [2.45, 2.75) is 19.4 Å². The van der Waals surface area contributed by atoms with Crippen molar-refractivity contribution in [3.8, 4) is 0 Å². The van der Waals surface area contributed by atoms with Gasteiger partial charge in [0.2, 0.25) is 0 Å². The number of fused-ring (bicyclic) bond motifs is 3. The van der Waals surface area contributed by atoms with Gasteiger partial charge in [-0.1, -0.05) is 48.5 Å². The SMILES string of the molecule is CC(C)(N)c1ccc2c(ccc3ccccc32)c1. The Balaban J connectivity index is 2.35. The summed E-state index contributed by atoms with van der Waals surface area (Å²) in [5.74, 6) is 0. The molecule has 0 atom stereocenters. The van der Waals surface area contributed by atoms with Crippen molar-refractivity contribution in [2.24, 2.45) is 5.73 Å². The van der Waals surface area contributed by atoms with Gasteiger partial charge in [-0.2, -0.15) is 0 Å². The van der Waals surface area contributed by atoms with Crippen molar-refractivity contribution in [2.75, 3.05) is 0 Å². The molecule has 2 N–H and O–H groups in total. The summed E-state index contributed by atoms with van der Waals surface area (Å²) >= 11 is 0. The van der Waals surface area contributed by atoms with Gasteiger partial charge in [0.05, 0.1) is 0 Å². The molecule has 3 aromatic rings. The van der Waals surface area contributed by atoms with E-state index in [0.29, 0.717) is 0 Å². The zero-order chi connectivity index (χ0) is 12.8. The van der Waals surface area contributed by atoms with E-state index in [4.69, 9.17) is 5.73 Å². The molecule has 1 heteroatoms. The number of nitrogens with two attached hydrogens (primary N) is 1. The van der Waals surface area contributed by atoms with Crippen LogP contribution in [-0.2, 0) is 5.54 Å². The van der Waals surface area contributed by atoms with Crippen LogP contribution < -0.4 is 5.73 Å². The van der Waals surface area contributed by atoms with Gasteiger partial charge < -0.3 is 5.73 Å². The second-order valence-electron chi connectivity index (χ2n) is 5.44. The predicted octanol–water partition coefficient (Wildman–Crippen LogP) is 4.19. The molecule has 0 saturated carbocycles. The van der Waals surface area contributed by atoms with Crippen molar-refractivity contribution < 1.29 is 0 Å². The summed E-state index contributed by atoms with van der Waals surface area (Å²) in [5, 5.41) is 5.13. The van der Waals surface area contributed by atoms with E-state index in [9.17, 15) is 0 Å². The molecule has 18 heavy (non-hydrogen) atoms. The van der Waals surface area contributed by atoms with Crippen molar-refractivity contribution in [3.05, 3.63) is 60.2 Å². The highest BCUT2D eigenvalue weighted by molar-refractivity contribution is 6.07. The summed E-state index contributed by atoms with van der Waals surface area (Å²) in [5.41, 5.74) is 7.04. The summed E-state index contributed by atoms with van der Waals surface area (Å²) in [6.45, 7) is 4.07. The lowest BCUT2D eigenvalue weighted by atomic mass is 9.92. The topological polar surface area (TPSA) is 26.0 Å². The number of rotatable bonds is 1. The molecule has 3 aromatic carbocycles. The Labute approximate surface area is 107 Å².